The van der Waals surface area contributed by atoms with Crippen LogP contribution < -0.4 is 0 Å². The van der Waals surface area contributed by atoms with Crippen molar-refractivity contribution in [3.8, 4) is 0 Å². The van der Waals surface area contributed by atoms with Crippen molar-refractivity contribution in [2.75, 3.05) is 0 Å². The number of cyclic esters (lactones) is 1. The monoisotopic (exact) mass is 252 g/mol. The number of allylic oxidation sites excluding steroid dienone is 2. The number of carbonyl (C=O) groups is 1. The molecular formula is C15H24O3. The predicted octanol–water partition coefficient (Wildman–Crippen LogP) is 2.85. The van der Waals surface area contributed by atoms with Crippen LogP contribution in [-0.4, -0.2) is 23.3 Å². The highest BCUT2D eigenvalue weighted by molar-refractivity contribution is 5.84. The zero-order valence-electron chi connectivity index (χ0n) is 11.7. The number of hydrogen-bond acceptors (Lipinski definition) is 3. The van der Waals surface area contributed by atoms with E-state index >= 15 is 0 Å². The Morgan fingerprint density at radius 2 is 2.22 bits per heavy atom. The Bertz CT molecular complexity index is 344. The second kappa shape index (κ2) is 6.74. The van der Waals surface area contributed by atoms with Crippen LogP contribution in [0.2, 0.25) is 0 Å². The number of aliphatic hydroxyl groups is 1. The molecule has 3 heteroatoms. The lowest BCUT2D eigenvalue weighted by Crippen LogP contribution is -2.32. The van der Waals surface area contributed by atoms with E-state index in [1.165, 1.54) is 11.6 Å². The first-order valence-electron chi connectivity index (χ1n) is 6.62. The largest absolute Gasteiger partial charge is 0.452 e. The summed E-state index contributed by atoms with van der Waals surface area (Å²) in [5, 5.41) is 10.1. The van der Waals surface area contributed by atoms with Crippen LogP contribution in [0, 0.1) is 11.8 Å². The van der Waals surface area contributed by atoms with Crippen molar-refractivity contribution < 1.29 is 14.6 Å². The molecule has 0 spiro atoms. The maximum atomic E-state index is 11.0. The van der Waals surface area contributed by atoms with Crippen molar-refractivity contribution in [3.63, 3.8) is 0 Å². The van der Waals surface area contributed by atoms with Gasteiger partial charge in [0.2, 0.25) is 0 Å². The highest BCUT2D eigenvalue weighted by Gasteiger charge is 2.29. The van der Waals surface area contributed by atoms with Gasteiger partial charge in [0.15, 0.2) is 0 Å². The fraction of sp³-hybridized carbons (Fsp3) is 0.667. The van der Waals surface area contributed by atoms with Crippen molar-refractivity contribution >= 4 is 5.97 Å². The first kappa shape index (κ1) is 15.0. The van der Waals surface area contributed by atoms with Gasteiger partial charge in [-0.25, -0.2) is 4.79 Å². The summed E-state index contributed by atoms with van der Waals surface area (Å²) in [5.41, 5.74) is 1.37. The highest BCUT2D eigenvalue weighted by atomic mass is 16.6. The van der Waals surface area contributed by atoms with Gasteiger partial charge in [-0.1, -0.05) is 25.5 Å². The molecule has 1 aliphatic heterocycles. The van der Waals surface area contributed by atoms with E-state index in [0.29, 0.717) is 5.92 Å². The fourth-order valence-electron chi connectivity index (χ4n) is 2.42. The lowest BCUT2D eigenvalue weighted by molar-refractivity contribution is -0.144. The Morgan fingerprint density at radius 1 is 1.56 bits per heavy atom. The molecule has 1 heterocycles. The van der Waals surface area contributed by atoms with Crippen molar-refractivity contribution in [1.29, 1.82) is 0 Å². The molecule has 0 bridgehead atoms. The number of rotatable bonds is 6. The molecule has 4 atom stereocenters. The summed E-state index contributed by atoms with van der Waals surface area (Å²) in [5.74, 6) is 0.279. The fourth-order valence-corrected chi connectivity index (χ4v) is 2.42. The SMILES string of the molecule is C/C=C(\C)C[C@H](C)C[C@H](C)C(O)C1C=CC(=O)O1. The Hall–Kier alpha value is -1.09. The summed E-state index contributed by atoms with van der Waals surface area (Å²) in [4.78, 5) is 11.0. The van der Waals surface area contributed by atoms with E-state index in [-0.39, 0.29) is 11.9 Å². The molecule has 0 aromatic heterocycles. The minimum Gasteiger partial charge on any atom is -0.452 e. The lowest BCUT2D eigenvalue weighted by Gasteiger charge is -2.25. The van der Waals surface area contributed by atoms with Gasteiger partial charge in [-0.3, -0.25) is 0 Å². The molecule has 0 aromatic carbocycles. The van der Waals surface area contributed by atoms with Crippen LogP contribution in [0.15, 0.2) is 23.8 Å². The zero-order chi connectivity index (χ0) is 13.7. The average Bonchev–Trinajstić information content (AvgIpc) is 2.74. The van der Waals surface area contributed by atoms with E-state index in [1.54, 1.807) is 6.08 Å². The molecule has 1 rings (SSSR count). The number of esters is 1. The third-order valence-electron chi connectivity index (χ3n) is 3.53. The Kier molecular flexibility index (Phi) is 5.60. The summed E-state index contributed by atoms with van der Waals surface area (Å²) in [7, 11) is 0. The van der Waals surface area contributed by atoms with Gasteiger partial charge in [0.05, 0.1) is 6.10 Å². The molecule has 0 amide bonds. The van der Waals surface area contributed by atoms with Crippen LogP contribution in [-0.2, 0) is 9.53 Å². The molecule has 102 valence electrons. The van der Waals surface area contributed by atoms with Crippen LogP contribution in [0.5, 0.6) is 0 Å². The summed E-state index contributed by atoms with van der Waals surface area (Å²) >= 11 is 0. The number of aliphatic hydroxyl groups excluding tert-OH is 1. The normalized spacial score (nSPS) is 24.8. The van der Waals surface area contributed by atoms with Gasteiger partial charge in [0.25, 0.3) is 0 Å². The van der Waals surface area contributed by atoms with Gasteiger partial charge in [0, 0.05) is 6.08 Å². The third kappa shape index (κ3) is 4.30. The smallest absolute Gasteiger partial charge is 0.331 e. The van der Waals surface area contributed by atoms with Crippen LogP contribution >= 0.6 is 0 Å². The summed E-state index contributed by atoms with van der Waals surface area (Å²) in [6, 6.07) is 0. The Balaban J connectivity index is 2.42. The molecule has 0 aliphatic carbocycles. The first-order valence-corrected chi connectivity index (χ1v) is 6.62. The number of ether oxygens (including phenoxy) is 1. The van der Waals surface area contributed by atoms with E-state index in [9.17, 15) is 9.90 Å². The van der Waals surface area contributed by atoms with E-state index in [1.807, 2.05) is 13.8 Å². The summed E-state index contributed by atoms with van der Waals surface area (Å²) in [6.07, 6.45) is 6.05. The highest BCUT2D eigenvalue weighted by Crippen LogP contribution is 2.25. The molecule has 3 nitrogen and oxygen atoms in total. The van der Waals surface area contributed by atoms with E-state index in [0.717, 1.165) is 12.8 Å². The summed E-state index contributed by atoms with van der Waals surface area (Å²) in [6.45, 7) is 8.36. The lowest BCUT2D eigenvalue weighted by atomic mass is 9.87. The van der Waals surface area contributed by atoms with Crippen molar-refractivity contribution in [3.05, 3.63) is 23.8 Å². The molecule has 0 radical (unpaired) electrons. The minimum atomic E-state index is -0.610. The molecule has 1 N–H and O–H groups in total. The maximum absolute atomic E-state index is 11.0. The number of carbonyl (C=O) groups excluding carboxylic acids is 1. The van der Waals surface area contributed by atoms with Gasteiger partial charge in [-0.05, 0) is 44.6 Å². The molecular weight excluding hydrogens is 228 g/mol. The first-order chi connectivity index (χ1) is 8.43. The predicted molar refractivity (Wildman–Crippen MR) is 72.0 cm³/mol. The maximum Gasteiger partial charge on any atom is 0.331 e. The number of hydrogen-bond donors (Lipinski definition) is 1. The van der Waals surface area contributed by atoms with Crippen molar-refractivity contribution in [2.24, 2.45) is 11.8 Å². The molecule has 0 aromatic rings. The van der Waals surface area contributed by atoms with Gasteiger partial charge >= 0.3 is 5.97 Å². The second-order valence-corrected chi connectivity index (χ2v) is 5.41. The van der Waals surface area contributed by atoms with Crippen LogP contribution in [0.3, 0.4) is 0 Å². The zero-order valence-corrected chi connectivity index (χ0v) is 11.7. The topological polar surface area (TPSA) is 46.5 Å². The molecule has 0 saturated carbocycles. The minimum absolute atomic E-state index is 0.116. The molecule has 0 saturated heterocycles. The standard InChI is InChI=1S/C15H24O3/c1-5-10(2)8-11(3)9-12(4)15(17)13-6-7-14(16)18-13/h5-7,11-13,15,17H,8-9H2,1-4H3/b10-5+/t11-,12-,13?,15?/m0/s1. The van der Waals surface area contributed by atoms with E-state index in [4.69, 9.17) is 4.74 Å². The summed E-state index contributed by atoms with van der Waals surface area (Å²) < 4.78 is 5.02. The van der Waals surface area contributed by atoms with Crippen molar-refractivity contribution in [1.82, 2.24) is 0 Å². The molecule has 18 heavy (non-hydrogen) atoms. The van der Waals surface area contributed by atoms with Gasteiger partial charge in [-0.2, -0.15) is 0 Å². The van der Waals surface area contributed by atoms with Gasteiger partial charge < -0.3 is 9.84 Å². The van der Waals surface area contributed by atoms with E-state index in [2.05, 4.69) is 19.9 Å². The molecule has 1 aliphatic rings. The van der Waals surface area contributed by atoms with Crippen molar-refractivity contribution in [2.45, 2.75) is 52.7 Å². The van der Waals surface area contributed by atoms with Crippen LogP contribution in [0.1, 0.15) is 40.5 Å². The second-order valence-electron chi connectivity index (χ2n) is 5.41. The molecule has 0 fully saturated rings. The Labute approximate surface area is 110 Å². The Morgan fingerprint density at radius 3 is 2.72 bits per heavy atom. The van der Waals surface area contributed by atoms with Crippen LogP contribution in [0.4, 0.5) is 0 Å². The molecule has 2 unspecified atom stereocenters. The van der Waals surface area contributed by atoms with E-state index < -0.39 is 12.2 Å². The van der Waals surface area contributed by atoms with Crippen LogP contribution in [0.25, 0.3) is 0 Å². The quantitative estimate of drug-likeness (QED) is 0.584. The van der Waals surface area contributed by atoms with Gasteiger partial charge in [-0.15, -0.1) is 0 Å². The third-order valence-corrected chi connectivity index (χ3v) is 3.53. The van der Waals surface area contributed by atoms with Gasteiger partial charge in [0.1, 0.15) is 6.10 Å². The average molecular weight is 252 g/mol.